The maximum absolute atomic E-state index is 10.8. The molecule has 1 atom stereocenters. The number of carbonyl (C=O) groups excluding carboxylic acids is 1. The summed E-state index contributed by atoms with van der Waals surface area (Å²) in [6.07, 6.45) is 0.551. The number of carbonyl (C=O) groups is 1. The summed E-state index contributed by atoms with van der Waals surface area (Å²) in [7, 11) is -0.387. The zero-order valence-electron chi connectivity index (χ0n) is 8.14. The molecule has 0 N–H and O–H groups in total. The summed E-state index contributed by atoms with van der Waals surface area (Å²) in [6.45, 7) is 1.76. The highest BCUT2D eigenvalue weighted by molar-refractivity contribution is 7.17. The molecule has 1 aromatic rings. The van der Waals surface area contributed by atoms with Gasteiger partial charge >= 0.3 is 8.69 Å². The van der Waals surface area contributed by atoms with Crippen LogP contribution in [0.4, 0.5) is 0 Å². The molecule has 0 radical (unpaired) electrons. The first-order chi connectivity index (χ1) is 7.13. The summed E-state index contributed by atoms with van der Waals surface area (Å²) in [6, 6.07) is 7.08. The van der Waals surface area contributed by atoms with Crippen molar-refractivity contribution in [3.05, 3.63) is 29.8 Å². The average Bonchev–Trinajstić information content (AvgIpc) is 2.18. The van der Waals surface area contributed by atoms with Crippen LogP contribution in [0.15, 0.2) is 24.3 Å². The molecule has 0 amide bonds. The first-order valence-electron chi connectivity index (χ1n) is 4.41. The molecule has 0 aliphatic carbocycles. The lowest BCUT2D eigenvalue weighted by atomic mass is 10.0. The molecule has 0 aliphatic rings. The molecule has 15 heavy (non-hydrogen) atoms. The van der Waals surface area contributed by atoms with E-state index in [1.165, 1.54) is 0 Å². The monoisotopic (exact) mass is 244 g/mol. The quantitative estimate of drug-likeness (QED) is 0.590. The van der Waals surface area contributed by atoms with Gasteiger partial charge in [-0.3, -0.25) is 4.79 Å². The van der Waals surface area contributed by atoms with E-state index in [-0.39, 0.29) is 19.8 Å². The van der Waals surface area contributed by atoms with Gasteiger partial charge in [0, 0.05) is 5.92 Å². The molecule has 1 rings (SSSR count). The molecule has 0 saturated carbocycles. The van der Waals surface area contributed by atoms with Gasteiger partial charge in [-0.25, -0.2) is 4.57 Å². The van der Waals surface area contributed by atoms with E-state index in [4.69, 9.17) is 16.1 Å². The first-order valence-corrected chi connectivity index (χ1v) is 5.52. The highest BCUT2D eigenvalue weighted by atomic mass is 35.5. The minimum absolute atomic E-state index is 0.230. The van der Waals surface area contributed by atoms with E-state index in [9.17, 15) is 9.36 Å². The van der Waals surface area contributed by atoms with E-state index in [1.807, 2.05) is 6.07 Å². The van der Waals surface area contributed by atoms with Gasteiger partial charge < -0.3 is 4.52 Å². The van der Waals surface area contributed by atoms with Gasteiger partial charge in [-0.05, 0) is 35.7 Å². The molecule has 0 bridgehead atoms. The molecule has 0 heterocycles. The molecule has 1 aromatic carbocycles. The van der Waals surface area contributed by atoms with Crippen molar-refractivity contribution < 1.29 is 13.9 Å². The van der Waals surface area contributed by atoms with Crippen LogP contribution in [0.5, 0.6) is 5.75 Å². The Morgan fingerprint density at radius 3 is 2.93 bits per heavy atom. The topological polar surface area (TPSA) is 43.4 Å². The molecule has 0 saturated heterocycles. The molecule has 0 aromatic heterocycles. The molecular weight excluding hydrogens is 235 g/mol. The van der Waals surface area contributed by atoms with Gasteiger partial charge in [0.05, 0.1) is 0 Å². The maximum Gasteiger partial charge on any atom is 0.395 e. The lowest BCUT2D eigenvalue weighted by Gasteiger charge is -2.06. The number of rotatable bonds is 5. The average molecular weight is 245 g/mol. The Balaban J connectivity index is 2.72. The van der Waals surface area contributed by atoms with E-state index >= 15 is 0 Å². The standard InChI is InChI=1S/C10H10ClO3P/c1-7(10(11)12)5-8-3-2-4-9(6-8)14-15-13/h2-4,6-7H,5H2,1H3. The van der Waals surface area contributed by atoms with E-state index in [0.717, 1.165) is 5.56 Å². The van der Waals surface area contributed by atoms with Gasteiger partial charge in [-0.2, -0.15) is 0 Å². The van der Waals surface area contributed by atoms with Crippen LogP contribution in [-0.4, -0.2) is 5.24 Å². The Morgan fingerprint density at radius 2 is 2.33 bits per heavy atom. The van der Waals surface area contributed by atoms with Gasteiger partial charge in [0.15, 0.2) is 0 Å². The van der Waals surface area contributed by atoms with Crippen molar-refractivity contribution in [1.82, 2.24) is 0 Å². The van der Waals surface area contributed by atoms with Crippen LogP contribution in [0.2, 0.25) is 0 Å². The fourth-order valence-corrected chi connectivity index (χ4v) is 1.48. The summed E-state index contributed by atoms with van der Waals surface area (Å²) in [5.41, 5.74) is 0.928. The summed E-state index contributed by atoms with van der Waals surface area (Å²) >= 11 is 5.36. The Bertz CT molecular complexity index is 367. The molecule has 0 spiro atoms. The number of hydrogen-bond acceptors (Lipinski definition) is 3. The third-order valence-corrected chi connectivity index (χ3v) is 2.63. The number of hydrogen-bond donors (Lipinski definition) is 0. The molecular formula is C10H10ClO3P. The van der Waals surface area contributed by atoms with Crippen molar-refractivity contribution in [3.8, 4) is 5.75 Å². The SMILES string of the molecule is CC(Cc1cccc(OP=O)c1)C(=O)Cl. The highest BCUT2D eigenvalue weighted by Crippen LogP contribution is 2.19. The molecule has 3 nitrogen and oxygen atoms in total. The van der Waals surface area contributed by atoms with Crippen LogP contribution in [0, 0.1) is 5.92 Å². The van der Waals surface area contributed by atoms with E-state index in [2.05, 4.69) is 0 Å². The lowest BCUT2D eigenvalue weighted by molar-refractivity contribution is -0.114. The largest absolute Gasteiger partial charge is 0.408 e. The number of halogens is 1. The van der Waals surface area contributed by atoms with Crippen LogP contribution in [-0.2, 0) is 15.8 Å². The second kappa shape index (κ2) is 5.84. The van der Waals surface area contributed by atoms with Crippen LogP contribution >= 0.6 is 20.3 Å². The molecule has 80 valence electrons. The first kappa shape index (κ1) is 12.2. The van der Waals surface area contributed by atoms with Crippen molar-refractivity contribution in [3.63, 3.8) is 0 Å². The Hall–Kier alpha value is -0.920. The summed E-state index contributed by atoms with van der Waals surface area (Å²) in [5.74, 6) is 0.283. The van der Waals surface area contributed by atoms with Crippen molar-refractivity contribution in [1.29, 1.82) is 0 Å². The van der Waals surface area contributed by atoms with Crippen molar-refractivity contribution >= 4 is 25.5 Å². The summed E-state index contributed by atoms with van der Waals surface area (Å²) in [4.78, 5) is 10.8. The van der Waals surface area contributed by atoms with Gasteiger partial charge in [-0.15, -0.1) is 0 Å². The third-order valence-electron chi connectivity index (χ3n) is 1.97. The predicted molar refractivity (Wildman–Crippen MR) is 58.4 cm³/mol. The summed E-state index contributed by atoms with van der Waals surface area (Å²) in [5, 5.41) is -0.358. The Kier molecular flexibility index (Phi) is 4.73. The second-order valence-corrected chi connectivity index (χ2v) is 3.93. The zero-order valence-corrected chi connectivity index (χ0v) is 9.79. The minimum Gasteiger partial charge on any atom is -0.408 e. The maximum atomic E-state index is 10.8. The smallest absolute Gasteiger partial charge is 0.395 e. The normalized spacial score (nSPS) is 12.4. The third kappa shape index (κ3) is 3.98. The van der Waals surface area contributed by atoms with Gasteiger partial charge in [0.25, 0.3) is 0 Å². The van der Waals surface area contributed by atoms with Crippen LogP contribution < -0.4 is 4.52 Å². The van der Waals surface area contributed by atoms with Gasteiger partial charge in [-0.1, -0.05) is 19.1 Å². The number of benzene rings is 1. The van der Waals surface area contributed by atoms with Crippen molar-refractivity contribution in [2.45, 2.75) is 13.3 Å². The van der Waals surface area contributed by atoms with E-state index in [1.54, 1.807) is 25.1 Å². The lowest BCUT2D eigenvalue weighted by Crippen LogP contribution is -2.07. The minimum atomic E-state index is -0.387. The molecule has 0 aliphatic heterocycles. The van der Waals surface area contributed by atoms with E-state index < -0.39 is 0 Å². The Morgan fingerprint density at radius 1 is 1.60 bits per heavy atom. The fraction of sp³-hybridized carbons (Fsp3) is 0.300. The van der Waals surface area contributed by atoms with E-state index in [0.29, 0.717) is 12.2 Å². The molecule has 5 heteroatoms. The van der Waals surface area contributed by atoms with Crippen LogP contribution in [0.1, 0.15) is 12.5 Å². The second-order valence-electron chi connectivity index (χ2n) is 3.22. The Labute approximate surface area is 94.7 Å². The predicted octanol–water partition coefficient (Wildman–Crippen LogP) is 3.22. The highest BCUT2D eigenvalue weighted by Gasteiger charge is 2.10. The van der Waals surface area contributed by atoms with Crippen molar-refractivity contribution in [2.24, 2.45) is 5.92 Å². The van der Waals surface area contributed by atoms with Crippen LogP contribution in [0.3, 0.4) is 0 Å². The molecule has 1 unspecified atom stereocenters. The fourth-order valence-electron chi connectivity index (χ4n) is 1.21. The molecule has 0 fully saturated rings. The summed E-state index contributed by atoms with van der Waals surface area (Å²) < 4.78 is 15.0. The van der Waals surface area contributed by atoms with Gasteiger partial charge in [0.2, 0.25) is 5.24 Å². The van der Waals surface area contributed by atoms with Crippen LogP contribution in [0.25, 0.3) is 0 Å². The van der Waals surface area contributed by atoms with Crippen molar-refractivity contribution in [2.75, 3.05) is 0 Å². The van der Waals surface area contributed by atoms with Gasteiger partial charge in [0.1, 0.15) is 5.75 Å². The zero-order chi connectivity index (χ0) is 11.3.